The molecule has 2 aromatic heterocycles. The monoisotopic (exact) mass is 452 g/mol. The molecule has 0 spiro atoms. The standard InChI is InChI=1S/C26H20N4O4/c1-33-21-10-4-17(5-11-21)16-30-25(24(26(31)32)28-29-30)34-22-12-8-18(9-13-22)20-7-6-19-3-2-14-27-23(19)15-20/h2-15H,16H2,1H3,(H,31,32). The van der Waals surface area contributed by atoms with Crippen LogP contribution in [-0.2, 0) is 6.54 Å². The number of hydrogen-bond acceptors (Lipinski definition) is 6. The molecule has 0 amide bonds. The van der Waals surface area contributed by atoms with Gasteiger partial charge >= 0.3 is 5.97 Å². The van der Waals surface area contributed by atoms with Crippen molar-refractivity contribution < 1.29 is 19.4 Å². The van der Waals surface area contributed by atoms with Crippen LogP contribution in [0.25, 0.3) is 22.0 Å². The van der Waals surface area contributed by atoms with Crippen LogP contribution < -0.4 is 9.47 Å². The molecular formula is C26H20N4O4. The molecule has 0 aliphatic rings. The first-order chi connectivity index (χ1) is 16.6. The maximum absolute atomic E-state index is 11.7. The molecule has 8 heteroatoms. The number of ether oxygens (including phenoxy) is 2. The highest BCUT2D eigenvalue weighted by Gasteiger charge is 2.22. The van der Waals surface area contributed by atoms with Crippen molar-refractivity contribution in [3.63, 3.8) is 0 Å². The Morgan fingerprint density at radius 2 is 1.68 bits per heavy atom. The minimum atomic E-state index is -1.21. The maximum atomic E-state index is 11.7. The fraction of sp³-hybridized carbons (Fsp3) is 0.0769. The molecule has 1 N–H and O–H groups in total. The fourth-order valence-corrected chi connectivity index (χ4v) is 3.62. The minimum absolute atomic E-state index is 0.0611. The summed E-state index contributed by atoms with van der Waals surface area (Å²) >= 11 is 0. The van der Waals surface area contributed by atoms with E-state index < -0.39 is 5.97 Å². The van der Waals surface area contributed by atoms with Crippen molar-refractivity contribution in [2.75, 3.05) is 7.11 Å². The van der Waals surface area contributed by atoms with Crippen LogP contribution in [0.3, 0.4) is 0 Å². The summed E-state index contributed by atoms with van der Waals surface area (Å²) in [7, 11) is 1.60. The zero-order valence-corrected chi connectivity index (χ0v) is 18.3. The van der Waals surface area contributed by atoms with Gasteiger partial charge in [-0.3, -0.25) is 4.98 Å². The van der Waals surface area contributed by atoms with E-state index in [2.05, 4.69) is 15.3 Å². The molecule has 0 radical (unpaired) electrons. The highest BCUT2D eigenvalue weighted by atomic mass is 16.5. The summed E-state index contributed by atoms with van der Waals surface area (Å²) < 4.78 is 12.5. The number of nitrogens with zero attached hydrogens (tertiary/aromatic N) is 4. The zero-order chi connectivity index (χ0) is 23.5. The lowest BCUT2D eigenvalue weighted by molar-refractivity contribution is 0.0687. The number of methoxy groups -OCH3 is 1. The molecule has 5 rings (SSSR count). The molecule has 0 atom stereocenters. The third-order valence-corrected chi connectivity index (χ3v) is 5.39. The van der Waals surface area contributed by atoms with E-state index in [1.165, 1.54) is 4.68 Å². The number of aromatic carboxylic acids is 1. The number of carbonyl (C=O) groups is 1. The van der Waals surface area contributed by atoms with E-state index in [0.29, 0.717) is 12.3 Å². The summed E-state index contributed by atoms with van der Waals surface area (Å²) in [6, 6.07) is 24.8. The van der Waals surface area contributed by atoms with Crippen LogP contribution in [0.4, 0.5) is 0 Å². The number of aromatic nitrogens is 4. The summed E-state index contributed by atoms with van der Waals surface area (Å²) in [5.74, 6) is 0.0537. The number of pyridine rings is 1. The second kappa shape index (κ2) is 9.03. The molecule has 8 nitrogen and oxygen atoms in total. The van der Waals surface area contributed by atoms with Crippen LogP contribution in [-0.4, -0.2) is 38.2 Å². The Hall–Kier alpha value is -4.72. The largest absolute Gasteiger partial charge is 0.497 e. The van der Waals surface area contributed by atoms with Crippen LogP contribution in [0.15, 0.2) is 85.1 Å². The van der Waals surface area contributed by atoms with E-state index in [-0.39, 0.29) is 11.6 Å². The minimum Gasteiger partial charge on any atom is -0.497 e. The van der Waals surface area contributed by atoms with Gasteiger partial charge in [-0.05, 0) is 53.1 Å². The van der Waals surface area contributed by atoms with Gasteiger partial charge < -0.3 is 14.6 Å². The Morgan fingerprint density at radius 3 is 2.41 bits per heavy atom. The van der Waals surface area contributed by atoms with Crippen molar-refractivity contribution in [3.8, 4) is 28.5 Å². The molecule has 2 heterocycles. The molecule has 0 saturated carbocycles. The van der Waals surface area contributed by atoms with Gasteiger partial charge in [0.05, 0.1) is 19.2 Å². The number of hydrogen-bond donors (Lipinski definition) is 1. The first kappa shape index (κ1) is 21.1. The second-order valence-electron chi connectivity index (χ2n) is 7.59. The van der Waals surface area contributed by atoms with Gasteiger partial charge in [-0.15, -0.1) is 5.10 Å². The van der Waals surface area contributed by atoms with E-state index >= 15 is 0 Å². The van der Waals surface area contributed by atoms with E-state index in [1.807, 2.05) is 66.7 Å². The summed E-state index contributed by atoms with van der Waals surface area (Å²) in [5, 5.41) is 18.4. The van der Waals surface area contributed by atoms with E-state index in [9.17, 15) is 9.90 Å². The van der Waals surface area contributed by atoms with Gasteiger partial charge in [0.1, 0.15) is 11.5 Å². The van der Waals surface area contributed by atoms with Crippen LogP contribution >= 0.6 is 0 Å². The Kier molecular flexibility index (Phi) is 5.61. The van der Waals surface area contributed by atoms with Crippen LogP contribution in [0.1, 0.15) is 16.1 Å². The van der Waals surface area contributed by atoms with E-state index in [4.69, 9.17) is 9.47 Å². The van der Waals surface area contributed by atoms with Gasteiger partial charge in [-0.2, -0.15) is 0 Å². The second-order valence-corrected chi connectivity index (χ2v) is 7.59. The van der Waals surface area contributed by atoms with Crippen LogP contribution in [0.2, 0.25) is 0 Å². The molecule has 0 fully saturated rings. The Bertz CT molecular complexity index is 1460. The van der Waals surface area contributed by atoms with Gasteiger partial charge in [-0.1, -0.05) is 47.7 Å². The lowest BCUT2D eigenvalue weighted by Gasteiger charge is -2.10. The lowest BCUT2D eigenvalue weighted by atomic mass is 10.0. The Balaban J connectivity index is 1.40. The number of fused-ring (bicyclic) bond motifs is 1. The summed E-state index contributed by atoms with van der Waals surface area (Å²) in [4.78, 5) is 16.1. The molecule has 0 saturated heterocycles. The Labute approximate surface area is 195 Å². The molecule has 0 unspecified atom stereocenters. The van der Waals surface area contributed by atoms with Gasteiger partial charge in [-0.25, -0.2) is 9.48 Å². The number of benzene rings is 3. The maximum Gasteiger partial charge on any atom is 0.362 e. The van der Waals surface area contributed by atoms with Gasteiger partial charge in [0, 0.05) is 11.6 Å². The van der Waals surface area contributed by atoms with Crippen molar-refractivity contribution in [1.29, 1.82) is 0 Å². The predicted molar refractivity (Wildman–Crippen MR) is 126 cm³/mol. The van der Waals surface area contributed by atoms with Crippen molar-refractivity contribution in [1.82, 2.24) is 20.0 Å². The van der Waals surface area contributed by atoms with Gasteiger partial charge in [0.25, 0.3) is 5.88 Å². The highest BCUT2D eigenvalue weighted by molar-refractivity contribution is 5.88. The molecule has 34 heavy (non-hydrogen) atoms. The zero-order valence-electron chi connectivity index (χ0n) is 18.3. The molecule has 3 aromatic carbocycles. The molecule has 0 bridgehead atoms. The molecule has 0 aliphatic carbocycles. The lowest BCUT2D eigenvalue weighted by Crippen LogP contribution is -2.06. The molecule has 168 valence electrons. The first-order valence-electron chi connectivity index (χ1n) is 10.5. The van der Waals surface area contributed by atoms with Crippen molar-refractivity contribution in [2.45, 2.75) is 6.54 Å². The van der Waals surface area contributed by atoms with Crippen molar-refractivity contribution in [3.05, 3.63) is 96.3 Å². The third-order valence-electron chi connectivity index (χ3n) is 5.39. The van der Waals surface area contributed by atoms with Crippen LogP contribution in [0, 0.1) is 0 Å². The summed E-state index contributed by atoms with van der Waals surface area (Å²) in [5.41, 5.74) is 3.57. The average Bonchev–Trinajstić information content (AvgIpc) is 3.27. The van der Waals surface area contributed by atoms with Gasteiger partial charge in [0.2, 0.25) is 5.69 Å². The normalized spacial score (nSPS) is 10.9. The fourth-order valence-electron chi connectivity index (χ4n) is 3.62. The summed E-state index contributed by atoms with van der Waals surface area (Å²) in [6.07, 6.45) is 1.77. The predicted octanol–water partition coefficient (Wildman–Crippen LogP) is 5.04. The number of carboxylic acids is 1. The number of carboxylic acid groups (broad SMARTS) is 1. The van der Waals surface area contributed by atoms with E-state index in [0.717, 1.165) is 33.3 Å². The number of rotatable bonds is 7. The summed E-state index contributed by atoms with van der Waals surface area (Å²) in [6.45, 7) is 0.293. The highest BCUT2D eigenvalue weighted by Crippen LogP contribution is 2.29. The van der Waals surface area contributed by atoms with Crippen molar-refractivity contribution in [2.24, 2.45) is 0 Å². The third kappa shape index (κ3) is 4.29. The molecule has 0 aliphatic heterocycles. The smallest absolute Gasteiger partial charge is 0.362 e. The van der Waals surface area contributed by atoms with Gasteiger partial charge in [0.15, 0.2) is 0 Å². The quantitative estimate of drug-likeness (QED) is 0.369. The SMILES string of the molecule is COc1ccc(Cn2nnc(C(=O)O)c2Oc2ccc(-c3ccc4cccnc4c3)cc2)cc1. The molecular weight excluding hydrogens is 432 g/mol. The topological polar surface area (TPSA) is 99.4 Å². The first-order valence-corrected chi connectivity index (χ1v) is 10.5. The molecule has 5 aromatic rings. The van der Waals surface area contributed by atoms with E-state index in [1.54, 1.807) is 25.4 Å². The average molecular weight is 452 g/mol. The Morgan fingerprint density at radius 1 is 0.941 bits per heavy atom. The van der Waals surface area contributed by atoms with Crippen LogP contribution in [0.5, 0.6) is 17.4 Å². The van der Waals surface area contributed by atoms with Crippen molar-refractivity contribution >= 4 is 16.9 Å².